The predicted molar refractivity (Wildman–Crippen MR) is 208 cm³/mol. The summed E-state index contributed by atoms with van der Waals surface area (Å²) in [4.78, 5) is 18.8. The topological polar surface area (TPSA) is 26.6 Å². The number of hydrogen-bond acceptors (Lipinski definition) is 2. The van der Waals surface area contributed by atoms with E-state index in [0.29, 0.717) is 11.8 Å². The summed E-state index contributed by atoms with van der Waals surface area (Å²) in [7, 11) is -0.231. The Kier molecular flexibility index (Phi) is 8.88. The first-order valence-electron chi connectivity index (χ1n) is 18.7. The number of carbonyl (C=O) groups is 1. The van der Waals surface area contributed by atoms with Crippen molar-refractivity contribution in [3.8, 4) is 0 Å². The van der Waals surface area contributed by atoms with E-state index in [2.05, 4.69) is 127 Å². The lowest BCUT2D eigenvalue weighted by atomic mass is 9.78. The third-order valence-corrected chi connectivity index (χ3v) is 15.7. The molecule has 0 N–H and O–H groups in total. The van der Waals surface area contributed by atoms with Crippen molar-refractivity contribution < 1.29 is 4.79 Å². The van der Waals surface area contributed by atoms with Crippen LogP contribution in [0.2, 0.25) is 13.1 Å². The summed E-state index contributed by atoms with van der Waals surface area (Å²) in [5.74, 6) is 1.03. The number of benzene rings is 3. The molecule has 5 heteroatoms. The maximum atomic E-state index is 14.2. The maximum absolute atomic E-state index is 14.2. The molecule has 2 atom stereocenters. The van der Waals surface area contributed by atoms with Crippen LogP contribution in [0.5, 0.6) is 0 Å². The largest absolute Gasteiger partial charge is 0.366 e. The van der Waals surface area contributed by atoms with E-state index < -0.39 is 8.07 Å². The number of nitrogens with zero attached hydrogens (tertiary/aromatic N) is 3. The maximum Gasteiger partial charge on any atom is 0.254 e. The molecule has 0 spiro atoms. The van der Waals surface area contributed by atoms with Crippen molar-refractivity contribution in [1.82, 2.24) is 9.48 Å². The van der Waals surface area contributed by atoms with Gasteiger partial charge in [-0.25, -0.2) is 4.58 Å². The van der Waals surface area contributed by atoms with Crippen LogP contribution in [-0.2, 0) is 0 Å². The van der Waals surface area contributed by atoms with Crippen LogP contribution >= 0.6 is 0 Å². The van der Waals surface area contributed by atoms with Gasteiger partial charge >= 0.3 is 0 Å². The van der Waals surface area contributed by atoms with Crippen molar-refractivity contribution in [3.05, 3.63) is 86.9 Å². The second-order valence-electron chi connectivity index (χ2n) is 16.9. The van der Waals surface area contributed by atoms with Crippen LogP contribution in [0.25, 0.3) is 5.57 Å². The van der Waals surface area contributed by atoms with Gasteiger partial charge in [0.15, 0.2) is 5.54 Å². The van der Waals surface area contributed by atoms with Gasteiger partial charge in [-0.1, -0.05) is 58.5 Å². The lowest BCUT2D eigenvalue weighted by molar-refractivity contribution is 0.0793. The van der Waals surface area contributed by atoms with Gasteiger partial charge in [-0.2, -0.15) is 0 Å². The van der Waals surface area contributed by atoms with E-state index in [1.54, 1.807) is 0 Å². The molecular formula is C43H60N3OSi+. The zero-order chi connectivity index (χ0) is 34.9. The monoisotopic (exact) mass is 662 g/mol. The smallest absolute Gasteiger partial charge is 0.254 e. The number of unbranched alkanes of at least 4 members (excludes halogenated alkanes) is 1. The van der Waals surface area contributed by atoms with Gasteiger partial charge in [0, 0.05) is 55.0 Å². The summed E-state index contributed by atoms with van der Waals surface area (Å²) in [6.45, 7) is 29.2. The second-order valence-corrected chi connectivity index (χ2v) is 21.2. The quantitative estimate of drug-likeness (QED) is 0.204. The first kappa shape index (κ1) is 34.7. The van der Waals surface area contributed by atoms with Gasteiger partial charge in [-0.15, -0.1) is 0 Å². The minimum absolute atomic E-state index is 0.102. The van der Waals surface area contributed by atoms with E-state index in [-0.39, 0.29) is 17.0 Å². The number of hydrogen-bond donors (Lipinski definition) is 0. The minimum Gasteiger partial charge on any atom is -0.366 e. The summed E-state index contributed by atoms with van der Waals surface area (Å²) >= 11 is 0. The molecule has 0 aliphatic carbocycles. The molecule has 0 saturated heterocycles. The minimum atomic E-state index is -2.20. The molecule has 3 aliphatic heterocycles. The molecule has 48 heavy (non-hydrogen) atoms. The fourth-order valence-corrected chi connectivity index (χ4v) is 12.9. The highest BCUT2D eigenvalue weighted by atomic mass is 28.3. The molecule has 4 nitrogen and oxygen atoms in total. The van der Waals surface area contributed by atoms with Crippen LogP contribution in [0.1, 0.15) is 132 Å². The summed E-state index contributed by atoms with van der Waals surface area (Å²) in [6, 6.07) is 18.8. The third kappa shape index (κ3) is 5.39. The Balaban J connectivity index is 1.77. The summed E-state index contributed by atoms with van der Waals surface area (Å²) in [5.41, 5.74) is 9.02. The Hall–Kier alpha value is -3.18. The Morgan fingerprint density at radius 2 is 1.60 bits per heavy atom. The molecule has 3 aromatic rings. The lowest BCUT2D eigenvalue weighted by Gasteiger charge is -2.48. The molecule has 1 amide bonds. The van der Waals surface area contributed by atoms with Crippen LogP contribution in [-0.4, -0.2) is 56.6 Å². The molecule has 0 saturated carbocycles. The normalized spacial score (nSPS) is 21.6. The van der Waals surface area contributed by atoms with Gasteiger partial charge in [0.1, 0.15) is 14.6 Å². The van der Waals surface area contributed by atoms with E-state index in [9.17, 15) is 4.79 Å². The lowest BCUT2D eigenvalue weighted by Crippen LogP contribution is -2.65. The van der Waals surface area contributed by atoms with E-state index >= 15 is 0 Å². The Bertz CT molecular complexity index is 1900. The number of amides is 1. The molecule has 3 heterocycles. The Labute approximate surface area is 291 Å². The van der Waals surface area contributed by atoms with Crippen molar-refractivity contribution in [2.75, 3.05) is 31.6 Å². The Morgan fingerprint density at radius 3 is 2.27 bits per heavy atom. The van der Waals surface area contributed by atoms with Gasteiger partial charge in [0.05, 0.1) is 0 Å². The molecule has 2 unspecified atom stereocenters. The molecule has 0 bridgehead atoms. The van der Waals surface area contributed by atoms with Crippen LogP contribution in [0.4, 0.5) is 5.69 Å². The number of anilines is 1. The molecular weight excluding hydrogens is 603 g/mol. The van der Waals surface area contributed by atoms with Crippen molar-refractivity contribution in [2.45, 2.75) is 124 Å². The van der Waals surface area contributed by atoms with Crippen LogP contribution in [0.15, 0.2) is 48.5 Å². The molecule has 0 aromatic heterocycles. The number of carbonyl (C=O) groups excluding carboxylic acids is 1. The molecule has 0 radical (unpaired) electrons. The van der Waals surface area contributed by atoms with Gasteiger partial charge in [0.25, 0.3) is 5.91 Å². The van der Waals surface area contributed by atoms with E-state index in [0.717, 1.165) is 56.4 Å². The van der Waals surface area contributed by atoms with E-state index in [1.807, 2.05) is 18.0 Å². The number of rotatable bonds is 7. The van der Waals surface area contributed by atoms with Crippen molar-refractivity contribution in [3.63, 3.8) is 0 Å². The third-order valence-electron chi connectivity index (χ3n) is 12.2. The van der Waals surface area contributed by atoms with Crippen LogP contribution < -0.4 is 30.4 Å². The molecule has 0 fully saturated rings. The van der Waals surface area contributed by atoms with Crippen molar-refractivity contribution >= 4 is 35.6 Å². The fraction of sp³-hybridized carbons (Fsp3) is 0.535. The SMILES string of the molecule is CCCCN(C)C(=O)c1ccccc1C1=c2cc3c(cc2[Si](C)(C)c2cc4c(cc21)C(C)CC(C)(C)N4CC)=[N+](CC)C(C)(C)CC3C. The molecule has 3 aliphatic rings. The Morgan fingerprint density at radius 1 is 0.917 bits per heavy atom. The highest BCUT2D eigenvalue weighted by Crippen LogP contribution is 2.45. The molecule has 6 rings (SSSR count). The fourth-order valence-electron chi connectivity index (χ4n) is 9.87. The first-order valence-corrected chi connectivity index (χ1v) is 21.7. The van der Waals surface area contributed by atoms with Crippen LogP contribution in [0.3, 0.4) is 0 Å². The zero-order valence-electron chi connectivity index (χ0n) is 32.0. The van der Waals surface area contributed by atoms with Crippen molar-refractivity contribution in [1.29, 1.82) is 0 Å². The number of fused-ring (bicyclic) bond motifs is 4. The average Bonchev–Trinajstić information content (AvgIpc) is 3.02. The summed E-state index contributed by atoms with van der Waals surface area (Å²) in [6.07, 6.45) is 4.34. The van der Waals surface area contributed by atoms with Crippen molar-refractivity contribution in [2.24, 2.45) is 0 Å². The highest BCUT2D eigenvalue weighted by Gasteiger charge is 2.44. The molecule has 256 valence electrons. The van der Waals surface area contributed by atoms with E-state index in [4.69, 9.17) is 0 Å². The van der Waals surface area contributed by atoms with Gasteiger partial charge < -0.3 is 9.80 Å². The van der Waals surface area contributed by atoms with Crippen LogP contribution in [0, 0.1) is 0 Å². The first-order chi connectivity index (χ1) is 22.6. The molecule has 3 aromatic carbocycles. The second kappa shape index (κ2) is 12.3. The highest BCUT2D eigenvalue weighted by molar-refractivity contribution is 7.01. The average molecular weight is 663 g/mol. The van der Waals surface area contributed by atoms with Gasteiger partial charge in [-0.05, 0) is 128 Å². The van der Waals surface area contributed by atoms with Gasteiger partial charge in [-0.3, -0.25) is 4.79 Å². The summed E-state index contributed by atoms with van der Waals surface area (Å²) in [5, 5.41) is 5.77. The predicted octanol–water partition coefficient (Wildman–Crippen LogP) is 6.85. The van der Waals surface area contributed by atoms with Gasteiger partial charge in [0.2, 0.25) is 5.36 Å². The van der Waals surface area contributed by atoms with E-state index in [1.165, 1.54) is 48.9 Å². The zero-order valence-corrected chi connectivity index (χ0v) is 33.0. The summed E-state index contributed by atoms with van der Waals surface area (Å²) < 4.78 is 2.65. The standard InChI is InChI=1S/C43H60N3OSi/c1-13-16-21-44(10)41(47)31-20-18-17-19-30(31)40-34-22-32-28(4)26-42(6,7)45(14-2)36(32)24-38(34)48(11,12)39-25-37-33(23-35(39)40)29(5)27-43(8,9)46(37)15-3/h17-20,22-25,28-29H,13-16,21,26-27H2,1-12H3/q+1.